The van der Waals surface area contributed by atoms with Gasteiger partial charge in [0.1, 0.15) is 16.4 Å². The largest absolute Gasteiger partial charge is 0.481 e. The molecule has 0 saturated heterocycles. The second-order valence-electron chi connectivity index (χ2n) is 10.8. The highest BCUT2D eigenvalue weighted by molar-refractivity contribution is 8.00. The van der Waals surface area contributed by atoms with E-state index in [1.54, 1.807) is 25.3 Å². The Bertz CT molecular complexity index is 1350. The fraction of sp³-hybridized carbons (Fsp3) is 0.519. The van der Waals surface area contributed by atoms with Gasteiger partial charge in [-0.25, -0.2) is 15.0 Å². The van der Waals surface area contributed by atoms with Crippen molar-refractivity contribution in [3.63, 3.8) is 0 Å². The number of hydrogen-bond donors (Lipinski definition) is 1. The zero-order valence-electron chi connectivity index (χ0n) is 20.7. The van der Waals surface area contributed by atoms with Gasteiger partial charge in [0.15, 0.2) is 5.78 Å². The Morgan fingerprint density at radius 1 is 1.11 bits per heavy atom. The minimum Gasteiger partial charge on any atom is -0.481 e. The van der Waals surface area contributed by atoms with Crippen LogP contribution in [0.3, 0.4) is 0 Å². The normalized spacial score (nSPS) is 28.4. The van der Waals surface area contributed by atoms with Crippen molar-refractivity contribution in [1.82, 2.24) is 20.3 Å². The lowest BCUT2D eigenvalue weighted by Gasteiger charge is -2.51. The van der Waals surface area contributed by atoms with Crippen molar-refractivity contribution in [3.8, 4) is 5.88 Å². The summed E-state index contributed by atoms with van der Waals surface area (Å²) in [5, 5.41) is 3.94. The van der Waals surface area contributed by atoms with Crippen LogP contribution in [0, 0.1) is 30.1 Å². The van der Waals surface area contributed by atoms with Crippen LogP contribution in [0.25, 0.3) is 11.0 Å². The molecule has 9 heteroatoms. The lowest BCUT2D eigenvalue weighted by molar-refractivity contribution is -0.0112. The maximum Gasteiger partial charge on any atom is 0.261 e. The average Bonchev–Trinajstić information content (AvgIpc) is 3.39. The number of rotatable bonds is 7. The molecule has 1 N–H and O–H groups in total. The van der Waals surface area contributed by atoms with Gasteiger partial charge in [-0.1, -0.05) is 18.7 Å². The Morgan fingerprint density at radius 3 is 2.78 bits per heavy atom. The van der Waals surface area contributed by atoms with E-state index in [0.29, 0.717) is 42.9 Å². The first-order valence-corrected chi connectivity index (χ1v) is 14.4. The van der Waals surface area contributed by atoms with Crippen LogP contribution in [0.1, 0.15) is 64.2 Å². The monoisotopic (exact) mass is 522 g/mol. The van der Waals surface area contributed by atoms with E-state index < -0.39 is 0 Å². The quantitative estimate of drug-likeness (QED) is 0.255. The van der Waals surface area contributed by atoms with Gasteiger partial charge >= 0.3 is 0 Å². The van der Waals surface area contributed by atoms with Crippen LogP contribution in [0.2, 0.25) is 0 Å². The Morgan fingerprint density at radius 2 is 1.94 bits per heavy atom. The maximum absolute atomic E-state index is 13.0. The van der Waals surface area contributed by atoms with Crippen molar-refractivity contribution in [2.45, 2.75) is 57.0 Å². The molecule has 3 saturated carbocycles. The number of aryl methyl sites for hydroxylation is 1. The van der Waals surface area contributed by atoms with Crippen molar-refractivity contribution < 1.29 is 14.3 Å². The van der Waals surface area contributed by atoms with E-state index in [1.165, 1.54) is 42.4 Å². The average molecular weight is 523 g/mol. The minimum atomic E-state index is -0.0507. The summed E-state index contributed by atoms with van der Waals surface area (Å²) < 4.78 is 5.24. The first-order valence-electron chi connectivity index (χ1n) is 12.6. The minimum absolute atomic E-state index is 0.0307. The van der Waals surface area contributed by atoms with E-state index in [2.05, 4.69) is 27.2 Å². The zero-order valence-corrected chi connectivity index (χ0v) is 22.4. The smallest absolute Gasteiger partial charge is 0.261 e. The zero-order chi connectivity index (χ0) is 25.0. The molecule has 0 aromatic carbocycles. The van der Waals surface area contributed by atoms with Crippen LogP contribution < -0.4 is 10.1 Å². The number of methoxy groups -OCH3 is 1. The van der Waals surface area contributed by atoms with Gasteiger partial charge in [-0.2, -0.15) is 0 Å². The van der Waals surface area contributed by atoms with Gasteiger partial charge < -0.3 is 10.1 Å². The maximum atomic E-state index is 13.0. The summed E-state index contributed by atoms with van der Waals surface area (Å²) in [6.45, 7) is 4.28. The van der Waals surface area contributed by atoms with Crippen LogP contribution in [0.15, 0.2) is 29.3 Å². The van der Waals surface area contributed by atoms with Crippen LogP contribution in [0.5, 0.6) is 5.88 Å². The number of Topliss-reactive ketones (excluding diaryl/α,β-unsaturated/α-hetero) is 1. The molecule has 3 heterocycles. The Labute approximate surface area is 218 Å². The molecule has 3 aromatic rings. The summed E-state index contributed by atoms with van der Waals surface area (Å²) in [5.74, 6) is 3.59. The molecule has 36 heavy (non-hydrogen) atoms. The number of ketones is 1. The predicted molar refractivity (Wildman–Crippen MR) is 141 cm³/mol. The number of aromatic nitrogens is 3. The van der Waals surface area contributed by atoms with Gasteiger partial charge in [-0.15, -0.1) is 11.3 Å². The number of pyridine rings is 1. The van der Waals surface area contributed by atoms with Gasteiger partial charge in [0.05, 0.1) is 28.1 Å². The second kappa shape index (κ2) is 9.10. The molecule has 188 valence electrons. The number of hydrogen-bond acceptors (Lipinski definition) is 8. The van der Waals surface area contributed by atoms with E-state index >= 15 is 0 Å². The Hall–Kier alpha value is -2.52. The molecular formula is C27H30N4O3S2. The van der Waals surface area contributed by atoms with Crippen molar-refractivity contribution in [2.24, 2.45) is 23.2 Å². The number of carbonyl (C=O) groups is 2. The van der Waals surface area contributed by atoms with E-state index in [4.69, 9.17) is 4.74 Å². The molecule has 0 spiro atoms. The van der Waals surface area contributed by atoms with E-state index in [-0.39, 0.29) is 23.5 Å². The number of nitrogens with zero attached hydrogens (tertiary/aromatic N) is 3. The van der Waals surface area contributed by atoms with Crippen molar-refractivity contribution in [1.29, 1.82) is 0 Å². The number of carbonyl (C=O) groups excluding carboxylic acids is 2. The molecule has 3 fully saturated rings. The molecule has 3 aliphatic carbocycles. The predicted octanol–water partition coefficient (Wildman–Crippen LogP) is 5.32. The third-order valence-corrected chi connectivity index (χ3v) is 10.4. The highest BCUT2D eigenvalue weighted by Crippen LogP contribution is 2.66. The number of thiophene rings is 1. The summed E-state index contributed by atoms with van der Waals surface area (Å²) in [7, 11) is 1.56. The Kier molecular flexibility index (Phi) is 6.03. The standard InChI is InChI=1S/C27H30N4O3S2/c1-14-28-19-4-7-23(34-3)31-24(19)26(29-14)35-13-20(32)21-5-6-22(36-21)25(33)30-17-8-15-9-18-16(10-17)12-27(18,2)11-15/h4-7,15-18H,8-13H2,1-3H3,(H,30,33)/t15-,16-,17+,18?,27?/m1/s1. The summed E-state index contributed by atoms with van der Waals surface area (Å²) >= 11 is 2.61. The lowest BCUT2D eigenvalue weighted by atomic mass is 9.54. The molecule has 1 amide bonds. The van der Waals surface area contributed by atoms with E-state index in [0.717, 1.165) is 30.6 Å². The molecule has 0 aliphatic heterocycles. The third kappa shape index (κ3) is 4.30. The highest BCUT2D eigenvalue weighted by atomic mass is 32.2. The van der Waals surface area contributed by atoms with Crippen molar-refractivity contribution in [2.75, 3.05) is 12.9 Å². The number of thioether (sulfide) groups is 1. The number of fused-ring (bicyclic) bond motifs is 2. The van der Waals surface area contributed by atoms with Crippen molar-refractivity contribution >= 4 is 45.8 Å². The van der Waals surface area contributed by atoms with E-state index in [9.17, 15) is 9.59 Å². The van der Waals surface area contributed by atoms with Gasteiger partial charge in [-0.3, -0.25) is 9.59 Å². The fourth-order valence-electron chi connectivity index (χ4n) is 6.89. The number of nitrogens with one attached hydrogen (secondary N) is 1. The van der Waals surface area contributed by atoms with Crippen LogP contribution in [-0.2, 0) is 0 Å². The molecule has 6 rings (SSSR count). The Balaban J connectivity index is 1.10. The molecular weight excluding hydrogens is 492 g/mol. The SMILES string of the molecule is COc1ccc2nc(C)nc(SCC(=O)c3ccc(C(=O)N[C@H]4C[C@@H]5CC6[C@H](C4)CC6(C)C5)s3)c2n1. The van der Waals surface area contributed by atoms with Gasteiger partial charge in [0, 0.05) is 12.1 Å². The number of amides is 1. The highest BCUT2D eigenvalue weighted by Gasteiger charge is 2.58. The summed E-state index contributed by atoms with van der Waals surface area (Å²) in [6, 6.07) is 7.39. The summed E-state index contributed by atoms with van der Waals surface area (Å²) in [4.78, 5) is 40.6. The van der Waals surface area contributed by atoms with Crippen LogP contribution >= 0.6 is 23.1 Å². The number of ether oxygens (including phenoxy) is 1. The topological polar surface area (TPSA) is 94.1 Å². The molecule has 2 bridgehead atoms. The fourth-order valence-corrected chi connectivity index (χ4v) is 8.74. The van der Waals surface area contributed by atoms with Crippen LogP contribution in [0.4, 0.5) is 0 Å². The third-order valence-electron chi connectivity index (χ3n) is 8.33. The molecule has 2 unspecified atom stereocenters. The van der Waals surface area contributed by atoms with Gasteiger partial charge in [-0.05, 0) is 80.4 Å². The molecule has 0 radical (unpaired) electrons. The van der Waals surface area contributed by atoms with Crippen LogP contribution in [-0.4, -0.2) is 45.5 Å². The summed E-state index contributed by atoms with van der Waals surface area (Å²) in [6.07, 6.45) is 6.17. The van der Waals surface area contributed by atoms with Gasteiger partial charge in [0.2, 0.25) is 5.88 Å². The molecule has 5 atom stereocenters. The molecule has 3 aromatic heterocycles. The molecule has 7 nitrogen and oxygen atoms in total. The molecule has 3 aliphatic rings. The second-order valence-corrected chi connectivity index (χ2v) is 12.9. The summed E-state index contributed by atoms with van der Waals surface area (Å²) in [5.41, 5.74) is 1.91. The van der Waals surface area contributed by atoms with Gasteiger partial charge in [0.25, 0.3) is 5.91 Å². The first-order chi connectivity index (χ1) is 17.3. The van der Waals surface area contributed by atoms with Crippen molar-refractivity contribution in [3.05, 3.63) is 39.8 Å². The lowest BCUT2D eigenvalue weighted by Crippen LogP contribution is -2.46. The van der Waals surface area contributed by atoms with E-state index in [1.807, 2.05) is 13.0 Å². The first kappa shape index (κ1) is 23.9.